The Bertz CT molecular complexity index is 29.3. The van der Waals surface area contributed by atoms with E-state index < -0.39 is 0 Å². The minimum atomic E-state index is 0.194. The minimum absolute atomic E-state index is 0.194. The van der Waals surface area contributed by atoms with E-state index in [1.807, 2.05) is 0 Å². The summed E-state index contributed by atoms with van der Waals surface area (Å²) in [6, 6.07) is 0. The van der Waals surface area contributed by atoms with Gasteiger partial charge in [0.25, 0.3) is 0 Å². The topological polar surface area (TPSA) is 17.1 Å². The normalized spacial score (nSPS) is 7.29. The first-order valence-electron chi connectivity index (χ1n) is 2.24. The fourth-order valence-electron chi connectivity index (χ4n) is 0. The summed E-state index contributed by atoms with van der Waals surface area (Å²) in [5, 5.41) is 0. The van der Waals surface area contributed by atoms with Crippen molar-refractivity contribution in [3.8, 4) is 0 Å². The van der Waals surface area contributed by atoms with Gasteiger partial charge in [0.2, 0.25) is 0 Å². The van der Waals surface area contributed by atoms with Gasteiger partial charge >= 0.3 is 24.3 Å². The van der Waals surface area contributed by atoms with Gasteiger partial charge in [-0.25, -0.2) is 0 Å². The number of hydrogen-bond acceptors (Lipinski definition) is 1. The molecule has 2 heteroatoms. The van der Waals surface area contributed by atoms with Crippen molar-refractivity contribution in [3.63, 3.8) is 0 Å². The second-order valence-electron chi connectivity index (χ2n) is 1.56. The molecule has 0 rings (SSSR count). The zero-order chi connectivity index (χ0) is 6.28. The molecule has 0 unspecified atom stereocenters. The van der Waals surface area contributed by atoms with Gasteiger partial charge < -0.3 is 5.92 Å². The summed E-state index contributed by atoms with van der Waals surface area (Å²) >= 11 is 0.194. The molecule has 7 heavy (non-hydrogen) atoms. The Labute approximate surface area is 57.7 Å². The molecule has 0 bridgehead atoms. The molecule has 43 valence electrons. The van der Waals surface area contributed by atoms with Crippen molar-refractivity contribution in [2.24, 2.45) is 0 Å². The van der Waals surface area contributed by atoms with Crippen LogP contribution in [0.3, 0.4) is 0 Å². The summed E-state index contributed by atoms with van der Waals surface area (Å²) < 4.78 is 8.36. The van der Waals surface area contributed by atoms with Gasteiger partial charge in [-0.2, -0.15) is 20.3 Å². The Kier molecular flexibility index (Phi) is 14.6. The summed E-state index contributed by atoms with van der Waals surface area (Å²) in [7, 11) is 0. The van der Waals surface area contributed by atoms with Gasteiger partial charge in [0.1, 0.15) is 0 Å². The van der Waals surface area contributed by atoms with E-state index in [4.69, 9.17) is 3.25 Å². The summed E-state index contributed by atoms with van der Waals surface area (Å²) in [6.45, 7) is 6.44. The Morgan fingerprint density at radius 2 is 1.57 bits per heavy atom. The molecule has 0 saturated heterocycles. The molecule has 0 amide bonds. The van der Waals surface area contributed by atoms with Crippen molar-refractivity contribution in [1.29, 1.82) is 0 Å². The Balaban J connectivity index is 0. The van der Waals surface area contributed by atoms with Gasteiger partial charge in [0.15, 0.2) is 0 Å². The first kappa shape index (κ1) is 10.5. The van der Waals surface area contributed by atoms with E-state index in [0.717, 1.165) is 0 Å². The van der Waals surface area contributed by atoms with E-state index in [-0.39, 0.29) is 21.0 Å². The van der Waals surface area contributed by atoms with Crippen LogP contribution in [0, 0.1) is 5.92 Å². The van der Waals surface area contributed by atoms with Crippen LogP contribution >= 0.6 is 0 Å². The molecular formula is C5H11OTa-. The molecule has 0 atom stereocenters. The SMILES string of the molecule is CC[C-](C)C.[O]=[Ta]. The molecule has 0 aromatic rings. The maximum absolute atomic E-state index is 8.36. The molecule has 0 heterocycles. The predicted octanol–water partition coefficient (Wildman–Crippen LogP) is 1.89. The van der Waals surface area contributed by atoms with Crippen LogP contribution < -0.4 is 0 Å². The van der Waals surface area contributed by atoms with Crippen molar-refractivity contribution in [2.45, 2.75) is 27.2 Å². The molecule has 1 nitrogen and oxygen atoms in total. The van der Waals surface area contributed by atoms with Crippen LogP contribution in [0.5, 0.6) is 0 Å². The molecule has 0 aromatic carbocycles. The van der Waals surface area contributed by atoms with Gasteiger partial charge in [-0.1, -0.05) is 6.92 Å². The molecule has 0 spiro atoms. The molecule has 0 saturated carbocycles. The third kappa shape index (κ3) is 20.9. The quantitative estimate of drug-likeness (QED) is 0.664. The fourth-order valence-corrected chi connectivity index (χ4v) is 0. The van der Waals surface area contributed by atoms with Gasteiger partial charge in [-0.15, -0.1) is 0 Å². The van der Waals surface area contributed by atoms with E-state index in [2.05, 4.69) is 20.8 Å². The van der Waals surface area contributed by atoms with E-state index in [1.54, 1.807) is 0 Å². The summed E-state index contributed by atoms with van der Waals surface area (Å²) in [4.78, 5) is 0. The van der Waals surface area contributed by atoms with Crippen LogP contribution in [-0.4, -0.2) is 0 Å². The number of rotatable bonds is 1. The molecule has 0 aliphatic heterocycles. The molecule has 0 aliphatic rings. The molecule has 0 radical (unpaired) electrons. The first-order valence-corrected chi connectivity index (χ1v) is 3.56. The summed E-state index contributed by atoms with van der Waals surface area (Å²) in [5.41, 5.74) is 0. The van der Waals surface area contributed by atoms with Crippen molar-refractivity contribution < 1.29 is 24.3 Å². The zero-order valence-electron chi connectivity index (χ0n) is 5.06. The van der Waals surface area contributed by atoms with Gasteiger partial charge in [0, 0.05) is 0 Å². The summed E-state index contributed by atoms with van der Waals surface area (Å²) in [6.07, 6.45) is 1.22. The first-order chi connectivity index (χ1) is 3.27. The second-order valence-corrected chi connectivity index (χ2v) is 1.56. The summed E-state index contributed by atoms with van der Waals surface area (Å²) in [5.74, 6) is 1.50. The van der Waals surface area contributed by atoms with E-state index in [0.29, 0.717) is 0 Å². The van der Waals surface area contributed by atoms with Crippen LogP contribution in [0.1, 0.15) is 27.2 Å². The molecule has 0 aromatic heterocycles. The van der Waals surface area contributed by atoms with Crippen LogP contribution in [0.15, 0.2) is 0 Å². The van der Waals surface area contributed by atoms with Crippen molar-refractivity contribution in [2.75, 3.05) is 0 Å². The Hall–Kier alpha value is 0.540. The van der Waals surface area contributed by atoms with Crippen LogP contribution in [-0.2, 0) is 24.3 Å². The standard InChI is InChI=1S/C5H11.O.Ta/c1-4-5(2)3;;/h4H2,1-3H3;;/q-1;;. The maximum atomic E-state index is 8.36. The van der Waals surface area contributed by atoms with Crippen LogP contribution in [0.25, 0.3) is 0 Å². The average Bonchev–Trinajstić information content (AvgIpc) is 1.73. The zero-order valence-corrected chi connectivity index (χ0v) is 8.28. The van der Waals surface area contributed by atoms with E-state index in [9.17, 15) is 0 Å². The van der Waals surface area contributed by atoms with Crippen molar-refractivity contribution >= 4 is 0 Å². The van der Waals surface area contributed by atoms with Gasteiger partial charge in [-0.05, 0) is 0 Å². The van der Waals surface area contributed by atoms with E-state index in [1.165, 1.54) is 12.3 Å². The monoisotopic (exact) mass is 268 g/mol. The van der Waals surface area contributed by atoms with Crippen molar-refractivity contribution in [3.05, 3.63) is 5.92 Å². The van der Waals surface area contributed by atoms with Crippen LogP contribution in [0.2, 0.25) is 0 Å². The molecular weight excluding hydrogens is 257 g/mol. The Morgan fingerprint density at radius 1 is 1.43 bits per heavy atom. The third-order valence-corrected chi connectivity index (χ3v) is 0.707. The van der Waals surface area contributed by atoms with Crippen molar-refractivity contribution in [1.82, 2.24) is 0 Å². The molecule has 0 aliphatic carbocycles. The Morgan fingerprint density at radius 3 is 1.57 bits per heavy atom. The average molecular weight is 268 g/mol. The second kappa shape index (κ2) is 9.74. The van der Waals surface area contributed by atoms with Gasteiger partial charge in [-0.3, -0.25) is 0 Å². The third-order valence-electron chi connectivity index (χ3n) is 0.707. The molecule has 0 N–H and O–H groups in total. The predicted molar refractivity (Wildman–Crippen MR) is 25.6 cm³/mol. The fraction of sp³-hybridized carbons (Fsp3) is 0.800. The number of hydrogen-bond donors (Lipinski definition) is 0. The van der Waals surface area contributed by atoms with Gasteiger partial charge in [0.05, 0.1) is 0 Å². The molecule has 0 fully saturated rings. The van der Waals surface area contributed by atoms with E-state index >= 15 is 0 Å². The van der Waals surface area contributed by atoms with Crippen LogP contribution in [0.4, 0.5) is 0 Å².